The Labute approximate surface area is 107 Å². The molecule has 0 aromatic heterocycles. The molecule has 2 N–H and O–H groups in total. The Bertz CT molecular complexity index is 267. The van der Waals surface area contributed by atoms with Crippen LogP contribution in [0.4, 0.5) is 0 Å². The first-order valence-corrected chi connectivity index (χ1v) is 6.56. The molecular formula is C12H21NO5. The third kappa shape index (κ3) is 4.20. The number of aliphatic carboxylic acids is 1. The minimum absolute atomic E-state index is 0.0259. The standard InChI is InChI=1S/C12H21NO5/c14-12(15)10-7-9(8-13-10)16-5-6-18-11-3-1-2-4-17-11/h9-11,13H,1-8H2,(H,14,15)/t9?,10-,11?/m1/s1. The van der Waals surface area contributed by atoms with E-state index >= 15 is 0 Å². The number of carboxylic acids is 1. The molecule has 0 saturated carbocycles. The van der Waals surface area contributed by atoms with Crippen molar-refractivity contribution in [2.24, 2.45) is 0 Å². The van der Waals surface area contributed by atoms with Gasteiger partial charge in [-0.25, -0.2) is 0 Å². The molecule has 18 heavy (non-hydrogen) atoms. The van der Waals surface area contributed by atoms with Gasteiger partial charge in [-0.3, -0.25) is 4.79 Å². The largest absolute Gasteiger partial charge is 0.480 e. The van der Waals surface area contributed by atoms with Crippen LogP contribution in [0.25, 0.3) is 0 Å². The number of rotatable bonds is 6. The summed E-state index contributed by atoms with van der Waals surface area (Å²) in [6.45, 7) is 2.35. The minimum Gasteiger partial charge on any atom is -0.480 e. The fourth-order valence-electron chi connectivity index (χ4n) is 2.26. The summed E-state index contributed by atoms with van der Waals surface area (Å²) in [7, 11) is 0. The second-order valence-electron chi connectivity index (χ2n) is 4.69. The Morgan fingerprint density at radius 1 is 1.33 bits per heavy atom. The van der Waals surface area contributed by atoms with Crippen LogP contribution in [-0.4, -0.2) is 55.9 Å². The van der Waals surface area contributed by atoms with E-state index in [0.717, 1.165) is 25.9 Å². The summed E-state index contributed by atoms with van der Waals surface area (Å²) < 4.78 is 16.5. The Kier molecular flexibility index (Phi) is 5.37. The van der Waals surface area contributed by atoms with E-state index in [-0.39, 0.29) is 12.4 Å². The van der Waals surface area contributed by atoms with Gasteiger partial charge in [-0.05, 0) is 19.3 Å². The van der Waals surface area contributed by atoms with Gasteiger partial charge < -0.3 is 24.6 Å². The van der Waals surface area contributed by atoms with Gasteiger partial charge in [0.05, 0.1) is 19.3 Å². The third-order valence-corrected chi connectivity index (χ3v) is 3.27. The van der Waals surface area contributed by atoms with Crippen LogP contribution in [-0.2, 0) is 19.0 Å². The molecule has 0 aromatic rings. The van der Waals surface area contributed by atoms with Crippen LogP contribution < -0.4 is 5.32 Å². The monoisotopic (exact) mass is 259 g/mol. The molecular weight excluding hydrogens is 238 g/mol. The lowest BCUT2D eigenvalue weighted by Gasteiger charge is -2.22. The lowest BCUT2D eigenvalue weighted by molar-refractivity contribution is -0.171. The first kappa shape index (κ1) is 13.7. The van der Waals surface area contributed by atoms with E-state index < -0.39 is 12.0 Å². The van der Waals surface area contributed by atoms with E-state index in [1.165, 1.54) is 0 Å². The second-order valence-corrected chi connectivity index (χ2v) is 4.69. The molecule has 2 unspecified atom stereocenters. The number of hydrogen-bond acceptors (Lipinski definition) is 5. The van der Waals surface area contributed by atoms with Gasteiger partial charge in [0.2, 0.25) is 0 Å². The molecule has 0 aliphatic carbocycles. The van der Waals surface area contributed by atoms with E-state index in [1.807, 2.05) is 0 Å². The van der Waals surface area contributed by atoms with Gasteiger partial charge in [0.1, 0.15) is 6.04 Å². The summed E-state index contributed by atoms with van der Waals surface area (Å²) in [4.78, 5) is 10.7. The molecule has 2 aliphatic rings. The maximum atomic E-state index is 10.7. The number of nitrogens with one attached hydrogen (secondary N) is 1. The molecule has 0 radical (unpaired) electrons. The normalized spacial score (nSPS) is 32.6. The molecule has 2 fully saturated rings. The Balaban J connectivity index is 1.52. The van der Waals surface area contributed by atoms with E-state index in [4.69, 9.17) is 19.3 Å². The molecule has 0 aromatic carbocycles. The van der Waals surface area contributed by atoms with Gasteiger partial charge >= 0.3 is 5.97 Å². The molecule has 0 spiro atoms. The Morgan fingerprint density at radius 2 is 2.17 bits per heavy atom. The SMILES string of the molecule is O=C(O)[C@H]1CC(OCCOC2CCCCO2)CN1. The average Bonchev–Trinajstić information content (AvgIpc) is 2.85. The molecule has 2 aliphatic heterocycles. The number of carbonyl (C=O) groups is 1. The Morgan fingerprint density at radius 3 is 2.83 bits per heavy atom. The van der Waals surface area contributed by atoms with Crippen LogP contribution in [0.5, 0.6) is 0 Å². The summed E-state index contributed by atoms with van der Waals surface area (Å²) in [6, 6.07) is -0.474. The number of ether oxygens (including phenoxy) is 3. The van der Waals surface area contributed by atoms with Crippen molar-refractivity contribution in [3.8, 4) is 0 Å². The summed E-state index contributed by atoms with van der Waals surface area (Å²) in [6.07, 6.45) is 3.62. The van der Waals surface area contributed by atoms with E-state index in [9.17, 15) is 4.79 Å². The average molecular weight is 259 g/mol. The fourth-order valence-corrected chi connectivity index (χ4v) is 2.26. The number of carboxylic acid groups (broad SMARTS) is 1. The highest BCUT2D eigenvalue weighted by atomic mass is 16.7. The molecule has 2 rings (SSSR count). The predicted octanol–water partition coefficient (Wildman–Crippen LogP) is 0.361. The van der Waals surface area contributed by atoms with Crippen LogP contribution in [0.3, 0.4) is 0 Å². The topological polar surface area (TPSA) is 77.0 Å². The highest BCUT2D eigenvalue weighted by Gasteiger charge is 2.29. The van der Waals surface area contributed by atoms with E-state index in [0.29, 0.717) is 26.2 Å². The quantitative estimate of drug-likeness (QED) is 0.671. The minimum atomic E-state index is -0.812. The van der Waals surface area contributed by atoms with E-state index in [2.05, 4.69) is 5.32 Å². The van der Waals surface area contributed by atoms with Gasteiger partial charge in [0.15, 0.2) is 6.29 Å². The van der Waals surface area contributed by atoms with Crippen molar-refractivity contribution in [1.82, 2.24) is 5.32 Å². The molecule has 0 amide bonds. The van der Waals surface area contributed by atoms with Gasteiger partial charge in [-0.15, -0.1) is 0 Å². The van der Waals surface area contributed by atoms with Gasteiger partial charge in [-0.1, -0.05) is 0 Å². The summed E-state index contributed by atoms with van der Waals surface area (Å²) in [5.41, 5.74) is 0. The first-order chi connectivity index (χ1) is 8.75. The van der Waals surface area contributed by atoms with Gasteiger partial charge in [-0.2, -0.15) is 0 Å². The molecule has 2 heterocycles. The van der Waals surface area contributed by atoms with Crippen LogP contribution in [0.15, 0.2) is 0 Å². The molecule has 104 valence electrons. The molecule has 0 bridgehead atoms. The van der Waals surface area contributed by atoms with Crippen molar-refractivity contribution in [1.29, 1.82) is 0 Å². The van der Waals surface area contributed by atoms with Crippen molar-refractivity contribution in [3.63, 3.8) is 0 Å². The summed E-state index contributed by atoms with van der Waals surface area (Å²) >= 11 is 0. The smallest absolute Gasteiger partial charge is 0.320 e. The zero-order chi connectivity index (χ0) is 12.8. The molecule has 6 heteroatoms. The van der Waals surface area contributed by atoms with E-state index in [1.54, 1.807) is 0 Å². The number of hydrogen-bond donors (Lipinski definition) is 2. The summed E-state index contributed by atoms with van der Waals surface area (Å²) in [5, 5.41) is 11.7. The van der Waals surface area contributed by atoms with Gasteiger partial charge in [0, 0.05) is 19.6 Å². The zero-order valence-electron chi connectivity index (χ0n) is 10.5. The predicted molar refractivity (Wildman–Crippen MR) is 63.3 cm³/mol. The Hall–Kier alpha value is -0.690. The lowest BCUT2D eigenvalue weighted by atomic mass is 10.2. The van der Waals surface area contributed by atoms with Crippen LogP contribution in [0, 0.1) is 0 Å². The highest BCUT2D eigenvalue weighted by molar-refractivity contribution is 5.73. The maximum absolute atomic E-state index is 10.7. The van der Waals surface area contributed by atoms with Crippen LogP contribution >= 0.6 is 0 Å². The van der Waals surface area contributed by atoms with Crippen LogP contribution in [0.1, 0.15) is 25.7 Å². The van der Waals surface area contributed by atoms with Crippen molar-refractivity contribution < 1.29 is 24.1 Å². The van der Waals surface area contributed by atoms with Crippen molar-refractivity contribution in [2.45, 2.75) is 44.1 Å². The third-order valence-electron chi connectivity index (χ3n) is 3.27. The maximum Gasteiger partial charge on any atom is 0.320 e. The van der Waals surface area contributed by atoms with Crippen molar-refractivity contribution in [2.75, 3.05) is 26.4 Å². The van der Waals surface area contributed by atoms with Crippen molar-refractivity contribution >= 4 is 5.97 Å². The summed E-state index contributed by atoms with van der Waals surface area (Å²) in [5.74, 6) is -0.812. The van der Waals surface area contributed by atoms with Crippen LogP contribution in [0.2, 0.25) is 0 Å². The first-order valence-electron chi connectivity index (χ1n) is 6.56. The fraction of sp³-hybridized carbons (Fsp3) is 0.917. The van der Waals surface area contributed by atoms with Crippen molar-refractivity contribution in [3.05, 3.63) is 0 Å². The molecule has 2 saturated heterocycles. The lowest BCUT2D eigenvalue weighted by Crippen LogP contribution is -2.30. The molecule has 3 atom stereocenters. The highest BCUT2D eigenvalue weighted by Crippen LogP contribution is 2.14. The molecule has 6 nitrogen and oxygen atoms in total. The van der Waals surface area contributed by atoms with Gasteiger partial charge in [0.25, 0.3) is 0 Å². The zero-order valence-corrected chi connectivity index (χ0v) is 10.5. The second kappa shape index (κ2) is 7.04.